The molecule has 170 valence electrons. The fraction of sp³-hybridized carbons (Fsp3) is 0.435. The van der Waals surface area contributed by atoms with Crippen LogP contribution in [0.1, 0.15) is 72.6 Å². The van der Waals surface area contributed by atoms with Gasteiger partial charge >= 0.3 is 0 Å². The number of nitrogens with zero attached hydrogens (tertiary/aromatic N) is 2. The number of imidazole rings is 1. The smallest absolute Gasteiger partial charge is 0.261 e. The molecule has 2 aromatic rings. The van der Waals surface area contributed by atoms with Crippen molar-refractivity contribution in [2.75, 3.05) is 6.54 Å². The van der Waals surface area contributed by atoms with E-state index in [9.17, 15) is 19.2 Å². The summed E-state index contributed by atoms with van der Waals surface area (Å²) in [6.07, 6.45) is 4.82. The van der Waals surface area contributed by atoms with Gasteiger partial charge in [-0.3, -0.25) is 24.1 Å². The number of carbonyl (C=O) groups is 4. The van der Waals surface area contributed by atoms with Crippen LogP contribution in [0.5, 0.6) is 0 Å². The van der Waals surface area contributed by atoms with E-state index in [1.54, 1.807) is 36.7 Å². The molecule has 0 spiro atoms. The highest BCUT2D eigenvalue weighted by atomic mass is 32.2. The number of amides is 3. The van der Waals surface area contributed by atoms with Crippen LogP contribution < -0.4 is 5.32 Å². The van der Waals surface area contributed by atoms with Gasteiger partial charge in [0.05, 0.1) is 22.4 Å². The van der Waals surface area contributed by atoms with Crippen LogP contribution in [0.3, 0.4) is 0 Å². The van der Waals surface area contributed by atoms with E-state index < -0.39 is 5.25 Å². The fourth-order valence-electron chi connectivity index (χ4n) is 3.76. The normalized spacial score (nSPS) is 15.1. The largest absolute Gasteiger partial charge is 0.347 e. The van der Waals surface area contributed by atoms with Crippen molar-refractivity contribution in [2.24, 2.45) is 5.92 Å². The maximum Gasteiger partial charge on any atom is 0.261 e. The lowest BCUT2D eigenvalue weighted by atomic mass is 10.0. The van der Waals surface area contributed by atoms with E-state index in [-0.39, 0.29) is 35.4 Å². The van der Waals surface area contributed by atoms with Crippen molar-refractivity contribution >= 4 is 34.6 Å². The van der Waals surface area contributed by atoms with E-state index in [1.165, 1.54) is 11.8 Å². The molecule has 1 aromatic carbocycles. The Morgan fingerprint density at radius 1 is 1.16 bits per heavy atom. The molecule has 1 unspecified atom stereocenters. The number of hydrogen-bond donors (Lipinski definition) is 2. The number of carbonyl (C=O) groups excluding carboxylic acids is 4. The molecule has 0 aliphatic carbocycles. The van der Waals surface area contributed by atoms with E-state index in [2.05, 4.69) is 29.1 Å². The number of aromatic amines is 1. The SMILES string of the molecule is CC(=O)SC(CCCN1C(=O)c2ccccc2C1=O)C(=O)N[C@@H](CC(C)C)c1ncc[nH]1. The molecule has 3 rings (SSSR count). The first kappa shape index (κ1) is 23.7. The minimum absolute atomic E-state index is 0.163. The third-order valence-electron chi connectivity index (χ3n) is 5.20. The summed E-state index contributed by atoms with van der Waals surface area (Å²) in [6.45, 7) is 5.74. The Balaban J connectivity index is 1.62. The minimum Gasteiger partial charge on any atom is -0.347 e. The van der Waals surface area contributed by atoms with Crippen molar-refractivity contribution in [3.05, 3.63) is 53.6 Å². The first-order valence-electron chi connectivity index (χ1n) is 10.7. The molecule has 3 amide bonds. The van der Waals surface area contributed by atoms with Crippen LogP contribution in [-0.2, 0) is 9.59 Å². The van der Waals surface area contributed by atoms with E-state index >= 15 is 0 Å². The van der Waals surface area contributed by atoms with Crippen molar-refractivity contribution in [3.8, 4) is 0 Å². The van der Waals surface area contributed by atoms with Gasteiger partial charge in [0.25, 0.3) is 11.8 Å². The third kappa shape index (κ3) is 5.64. The molecule has 2 N–H and O–H groups in total. The van der Waals surface area contributed by atoms with Gasteiger partial charge in [-0.2, -0.15) is 0 Å². The molecule has 0 radical (unpaired) electrons. The summed E-state index contributed by atoms with van der Waals surface area (Å²) in [5.41, 5.74) is 0.805. The minimum atomic E-state index is -0.618. The maximum atomic E-state index is 13.0. The predicted molar refractivity (Wildman–Crippen MR) is 122 cm³/mol. The second kappa shape index (κ2) is 10.6. The average molecular weight is 457 g/mol. The van der Waals surface area contributed by atoms with Crippen LogP contribution in [0.25, 0.3) is 0 Å². The van der Waals surface area contributed by atoms with Gasteiger partial charge in [0.2, 0.25) is 5.91 Å². The number of nitrogens with one attached hydrogen (secondary N) is 2. The summed E-state index contributed by atoms with van der Waals surface area (Å²) in [6, 6.07) is 6.44. The van der Waals surface area contributed by atoms with Crippen LogP contribution in [0, 0.1) is 5.92 Å². The zero-order chi connectivity index (χ0) is 23.3. The molecule has 0 saturated heterocycles. The number of fused-ring (bicyclic) bond motifs is 1. The molecule has 32 heavy (non-hydrogen) atoms. The molecule has 8 nitrogen and oxygen atoms in total. The number of aromatic nitrogens is 2. The zero-order valence-electron chi connectivity index (χ0n) is 18.5. The standard InChI is InChI=1S/C23H28N4O4S/c1-14(2)13-18(20-24-10-11-25-20)26-21(29)19(32-15(3)28)9-6-12-27-22(30)16-7-4-5-8-17(16)23(27)31/h4-5,7-8,10-11,14,18-19H,6,9,12-13H2,1-3H3,(H,24,25)(H,26,29)/t18-,19?/m0/s1. The molecule has 2 atom stereocenters. The van der Waals surface area contributed by atoms with Gasteiger partial charge < -0.3 is 10.3 Å². The summed E-state index contributed by atoms with van der Waals surface area (Å²) in [7, 11) is 0. The summed E-state index contributed by atoms with van der Waals surface area (Å²) in [5.74, 6) is 0.110. The second-order valence-electron chi connectivity index (χ2n) is 8.21. The molecule has 9 heteroatoms. The van der Waals surface area contributed by atoms with E-state index in [4.69, 9.17) is 0 Å². The summed E-state index contributed by atoms with van der Waals surface area (Å²) >= 11 is 0.967. The van der Waals surface area contributed by atoms with Crippen molar-refractivity contribution in [1.29, 1.82) is 0 Å². The molecule has 2 heterocycles. The van der Waals surface area contributed by atoms with Gasteiger partial charge in [0.1, 0.15) is 5.82 Å². The Labute approximate surface area is 191 Å². The molecule has 0 fully saturated rings. The van der Waals surface area contributed by atoms with E-state index in [0.29, 0.717) is 42.1 Å². The average Bonchev–Trinajstić information content (AvgIpc) is 3.35. The number of H-pyrrole nitrogens is 1. The lowest BCUT2D eigenvalue weighted by molar-refractivity contribution is -0.122. The number of benzene rings is 1. The van der Waals surface area contributed by atoms with Crippen LogP contribution >= 0.6 is 11.8 Å². The molecule has 0 saturated carbocycles. The molecule has 0 bridgehead atoms. The number of rotatable bonds is 10. The van der Waals surface area contributed by atoms with Gasteiger partial charge in [0, 0.05) is 25.9 Å². The van der Waals surface area contributed by atoms with Gasteiger partial charge in [0.15, 0.2) is 5.12 Å². The van der Waals surface area contributed by atoms with E-state index in [0.717, 1.165) is 11.8 Å². The highest BCUT2D eigenvalue weighted by Gasteiger charge is 2.35. The van der Waals surface area contributed by atoms with Gasteiger partial charge in [-0.25, -0.2) is 4.98 Å². The first-order valence-corrected chi connectivity index (χ1v) is 11.6. The second-order valence-corrected chi connectivity index (χ2v) is 9.59. The Hall–Kier alpha value is -2.94. The monoisotopic (exact) mass is 456 g/mol. The van der Waals surface area contributed by atoms with Crippen LogP contribution in [0.4, 0.5) is 0 Å². The van der Waals surface area contributed by atoms with Gasteiger partial charge in [-0.15, -0.1) is 0 Å². The summed E-state index contributed by atoms with van der Waals surface area (Å²) < 4.78 is 0. The van der Waals surface area contributed by atoms with Crippen LogP contribution in [0.2, 0.25) is 0 Å². The highest BCUT2D eigenvalue weighted by Crippen LogP contribution is 2.25. The Morgan fingerprint density at radius 2 is 1.81 bits per heavy atom. The fourth-order valence-corrected chi connectivity index (χ4v) is 4.62. The van der Waals surface area contributed by atoms with Crippen molar-refractivity contribution in [2.45, 2.75) is 51.3 Å². The maximum absolute atomic E-state index is 13.0. The summed E-state index contributed by atoms with van der Waals surface area (Å²) in [4.78, 5) is 58.4. The quantitative estimate of drug-likeness (QED) is 0.530. The molecular weight excluding hydrogens is 428 g/mol. The third-order valence-corrected chi connectivity index (χ3v) is 6.27. The zero-order valence-corrected chi connectivity index (χ0v) is 19.3. The van der Waals surface area contributed by atoms with Crippen molar-refractivity contribution in [3.63, 3.8) is 0 Å². The Kier molecular flexibility index (Phi) is 7.84. The van der Waals surface area contributed by atoms with Gasteiger partial charge in [-0.05, 0) is 37.3 Å². The Morgan fingerprint density at radius 3 is 2.34 bits per heavy atom. The molecular formula is C23H28N4O4S. The molecule has 1 aliphatic rings. The number of hydrogen-bond acceptors (Lipinski definition) is 6. The van der Waals surface area contributed by atoms with Crippen molar-refractivity contribution < 1.29 is 19.2 Å². The van der Waals surface area contributed by atoms with Crippen LogP contribution in [0.15, 0.2) is 36.7 Å². The highest BCUT2D eigenvalue weighted by molar-refractivity contribution is 8.14. The topological polar surface area (TPSA) is 112 Å². The summed E-state index contributed by atoms with van der Waals surface area (Å²) in [5, 5.41) is 2.23. The van der Waals surface area contributed by atoms with Gasteiger partial charge in [-0.1, -0.05) is 37.7 Å². The predicted octanol–water partition coefficient (Wildman–Crippen LogP) is 3.34. The van der Waals surface area contributed by atoms with Crippen LogP contribution in [-0.4, -0.2) is 49.5 Å². The molecule has 1 aliphatic heterocycles. The van der Waals surface area contributed by atoms with Crippen molar-refractivity contribution in [1.82, 2.24) is 20.2 Å². The Bertz CT molecular complexity index is 955. The van der Waals surface area contributed by atoms with E-state index in [1.807, 2.05) is 0 Å². The molecule has 1 aromatic heterocycles. The first-order chi connectivity index (χ1) is 15.3. The number of thioether (sulfide) groups is 1. The lowest BCUT2D eigenvalue weighted by Gasteiger charge is -2.22. The lowest BCUT2D eigenvalue weighted by Crippen LogP contribution is -2.38. The number of imide groups is 1.